The number of hydrogen-bond acceptors (Lipinski definition) is 8. The first-order valence-electron chi connectivity index (χ1n) is 18.3. The van der Waals surface area contributed by atoms with Crippen LogP contribution in [-0.4, -0.2) is 102 Å². The summed E-state index contributed by atoms with van der Waals surface area (Å²) >= 11 is 0. The second kappa shape index (κ2) is 18.6. The van der Waals surface area contributed by atoms with Crippen molar-refractivity contribution >= 4 is 11.1 Å². The van der Waals surface area contributed by atoms with E-state index in [0.29, 0.717) is 66.7 Å². The molecule has 0 radical (unpaired) electrons. The number of rotatable bonds is 11. The quantitative estimate of drug-likeness (QED) is 0.120. The molecule has 16 heteroatoms. The highest BCUT2D eigenvalue weighted by Gasteiger charge is 2.33. The maximum Gasteiger partial charge on any atom is 0.573 e. The Bertz CT molecular complexity index is 2080. The van der Waals surface area contributed by atoms with Crippen LogP contribution in [0.4, 0.5) is 35.1 Å². The maximum atomic E-state index is 13.5. The lowest BCUT2D eigenvalue weighted by Crippen LogP contribution is -2.38. The number of benzene rings is 4. The van der Waals surface area contributed by atoms with E-state index >= 15 is 0 Å². The van der Waals surface area contributed by atoms with Crippen molar-refractivity contribution in [3.8, 4) is 23.0 Å². The molecule has 0 saturated carbocycles. The molecule has 0 aromatic heterocycles. The van der Waals surface area contributed by atoms with E-state index in [1.807, 2.05) is 19.0 Å². The lowest BCUT2D eigenvalue weighted by molar-refractivity contribution is -0.275. The molecule has 4 aromatic carbocycles. The van der Waals surface area contributed by atoms with E-state index in [1.165, 1.54) is 60.7 Å². The van der Waals surface area contributed by atoms with Gasteiger partial charge in [-0.05, 0) is 108 Å². The Hall–Kier alpha value is -5.16. The molecule has 0 amide bonds. The van der Waals surface area contributed by atoms with E-state index in [2.05, 4.69) is 19.7 Å². The van der Waals surface area contributed by atoms with Gasteiger partial charge in [0.1, 0.15) is 47.8 Å². The molecule has 0 spiro atoms. The molecule has 58 heavy (non-hydrogen) atoms. The van der Waals surface area contributed by atoms with Gasteiger partial charge in [0.25, 0.3) is 0 Å². The number of halogens is 8. The van der Waals surface area contributed by atoms with Crippen molar-refractivity contribution in [3.63, 3.8) is 0 Å². The van der Waals surface area contributed by atoms with E-state index in [9.17, 15) is 35.1 Å². The molecule has 0 aliphatic carbocycles. The van der Waals surface area contributed by atoms with Crippen molar-refractivity contribution in [1.29, 1.82) is 0 Å². The number of alkyl halides is 6. The lowest BCUT2D eigenvalue weighted by atomic mass is 9.90. The SMILES string of the molecule is CN(C)CCNCC1=C(c2ccc(F)cc2)c2cc(OC(F)(F)F)ccc2OC1.Fc1ccc(C2=C(CN3CCOCC3)COc3ccc(OC(F)(F)F)cc32)cc1. The van der Waals surface area contributed by atoms with Crippen LogP contribution >= 0.6 is 0 Å². The fraction of sp³-hybridized carbons (Fsp3) is 0.333. The van der Waals surface area contributed by atoms with Gasteiger partial charge < -0.3 is 33.9 Å². The van der Waals surface area contributed by atoms with Crippen molar-refractivity contribution in [2.24, 2.45) is 0 Å². The zero-order valence-corrected chi connectivity index (χ0v) is 31.6. The fourth-order valence-electron chi connectivity index (χ4n) is 6.70. The van der Waals surface area contributed by atoms with Crippen LogP contribution < -0.4 is 24.3 Å². The summed E-state index contributed by atoms with van der Waals surface area (Å²) in [6, 6.07) is 19.8. The molecule has 4 aromatic rings. The average molecular weight is 820 g/mol. The Labute approximate surface area is 330 Å². The van der Waals surface area contributed by atoms with Crippen LogP contribution in [0.3, 0.4) is 0 Å². The molecule has 7 rings (SSSR count). The minimum absolute atomic E-state index is 0.286. The molecule has 3 aliphatic rings. The minimum Gasteiger partial charge on any atom is -0.489 e. The lowest BCUT2D eigenvalue weighted by Gasteiger charge is -2.31. The van der Waals surface area contributed by atoms with E-state index < -0.39 is 12.7 Å². The molecule has 0 atom stereocenters. The second-order valence-corrected chi connectivity index (χ2v) is 13.8. The normalized spacial score (nSPS) is 15.8. The third-order valence-corrected chi connectivity index (χ3v) is 9.28. The Balaban J connectivity index is 0.000000196. The molecule has 1 saturated heterocycles. The number of nitrogens with one attached hydrogen (secondary N) is 1. The predicted octanol–water partition coefficient (Wildman–Crippen LogP) is 8.32. The van der Waals surface area contributed by atoms with Crippen molar-refractivity contribution in [1.82, 2.24) is 15.1 Å². The number of nitrogens with zero attached hydrogens (tertiary/aromatic N) is 2. The van der Waals surface area contributed by atoms with Crippen LogP contribution in [0, 0.1) is 11.6 Å². The number of hydrogen-bond donors (Lipinski definition) is 1. The first-order chi connectivity index (χ1) is 27.6. The second-order valence-electron chi connectivity index (χ2n) is 13.8. The number of likely N-dealkylation sites (N-methyl/N-ethyl adjacent to an activating group) is 1. The standard InChI is InChI=1S/C21H22F4N2O2.C21H19F4NO3/c1-27(2)10-9-26-12-15-13-28-19-8-7-17(29-21(23,24)25)11-18(19)20(15)14-3-5-16(22)6-4-14;22-16-3-1-14(2-4-16)20-15(12-26-7-9-27-10-8-26)13-28-19-6-5-17(11-18(19)20)29-21(23,24)25/h3-8,11,26H,9-10,12-13H2,1-2H3;1-6,11H,7-10,12-13H2. The van der Waals surface area contributed by atoms with Gasteiger partial charge in [0, 0.05) is 50.4 Å². The van der Waals surface area contributed by atoms with Gasteiger partial charge in [0.2, 0.25) is 0 Å². The maximum absolute atomic E-state index is 13.5. The minimum atomic E-state index is -4.79. The summed E-state index contributed by atoms with van der Waals surface area (Å²) in [4.78, 5) is 4.24. The molecular formula is C42H41F8N3O5. The largest absolute Gasteiger partial charge is 0.573 e. The van der Waals surface area contributed by atoms with E-state index in [1.54, 1.807) is 24.3 Å². The average Bonchev–Trinajstić information content (AvgIpc) is 3.16. The Morgan fingerprint density at radius 3 is 1.59 bits per heavy atom. The molecule has 3 heterocycles. The summed E-state index contributed by atoms with van der Waals surface area (Å²) in [6.45, 7) is 5.99. The van der Waals surface area contributed by atoms with Crippen LogP contribution in [-0.2, 0) is 4.74 Å². The number of ether oxygens (including phenoxy) is 5. The highest BCUT2D eigenvalue weighted by Crippen LogP contribution is 2.42. The van der Waals surface area contributed by atoms with Crippen molar-refractivity contribution in [3.05, 3.63) is 130 Å². The number of morpholine rings is 1. The zero-order valence-electron chi connectivity index (χ0n) is 31.6. The monoisotopic (exact) mass is 819 g/mol. The number of fused-ring (bicyclic) bond motifs is 2. The summed E-state index contributed by atoms with van der Waals surface area (Å²) in [6.07, 6.45) is -9.58. The third kappa shape index (κ3) is 11.7. The van der Waals surface area contributed by atoms with Crippen LogP contribution in [0.25, 0.3) is 11.1 Å². The van der Waals surface area contributed by atoms with Crippen molar-refractivity contribution < 1.29 is 58.8 Å². The van der Waals surface area contributed by atoms with E-state index in [4.69, 9.17) is 14.2 Å². The summed E-state index contributed by atoms with van der Waals surface area (Å²) in [5, 5.41) is 3.32. The summed E-state index contributed by atoms with van der Waals surface area (Å²) in [7, 11) is 3.93. The van der Waals surface area contributed by atoms with Crippen molar-refractivity contribution in [2.75, 3.05) is 79.8 Å². The molecular weight excluding hydrogens is 778 g/mol. The van der Waals surface area contributed by atoms with E-state index in [0.717, 1.165) is 48.5 Å². The van der Waals surface area contributed by atoms with Gasteiger partial charge in [0.15, 0.2) is 0 Å². The highest BCUT2D eigenvalue weighted by molar-refractivity contribution is 5.88. The Kier molecular flexibility index (Phi) is 13.6. The summed E-state index contributed by atoms with van der Waals surface area (Å²) < 4.78 is 128. The van der Waals surface area contributed by atoms with Crippen molar-refractivity contribution in [2.45, 2.75) is 12.7 Å². The van der Waals surface area contributed by atoms with Gasteiger partial charge in [-0.3, -0.25) is 4.90 Å². The zero-order chi connectivity index (χ0) is 41.5. The highest BCUT2D eigenvalue weighted by atomic mass is 19.4. The van der Waals surface area contributed by atoms with Gasteiger partial charge in [0.05, 0.1) is 13.2 Å². The summed E-state index contributed by atoms with van der Waals surface area (Å²) in [5.74, 6) is -0.513. The molecule has 3 aliphatic heterocycles. The van der Waals surface area contributed by atoms with Gasteiger partial charge in [-0.25, -0.2) is 8.78 Å². The van der Waals surface area contributed by atoms with Gasteiger partial charge in [-0.15, -0.1) is 26.3 Å². The molecule has 310 valence electrons. The third-order valence-electron chi connectivity index (χ3n) is 9.28. The fourth-order valence-corrected chi connectivity index (χ4v) is 6.70. The molecule has 0 bridgehead atoms. The topological polar surface area (TPSA) is 64.7 Å². The first-order valence-corrected chi connectivity index (χ1v) is 18.3. The molecule has 0 unspecified atom stereocenters. The molecule has 1 N–H and O–H groups in total. The van der Waals surface area contributed by atoms with Crippen LogP contribution in [0.5, 0.6) is 23.0 Å². The van der Waals surface area contributed by atoms with Crippen LogP contribution in [0.2, 0.25) is 0 Å². The Morgan fingerprint density at radius 2 is 1.12 bits per heavy atom. The molecule has 1 fully saturated rings. The van der Waals surface area contributed by atoms with E-state index in [-0.39, 0.29) is 29.7 Å². The molecule has 8 nitrogen and oxygen atoms in total. The predicted molar refractivity (Wildman–Crippen MR) is 201 cm³/mol. The summed E-state index contributed by atoms with van der Waals surface area (Å²) in [5.41, 5.74) is 5.62. The first kappa shape index (κ1) is 42.4. The van der Waals surface area contributed by atoms with Crippen LogP contribution in [0.15, 0.2) is 96.1 Å². The van der Waals surface area contributed by atoms with Gasteiger partial charge in [-0.2, -0.15) is 0 Å². The smallest absolute Gasteiger partial charge is 0.489 e. The van der Waals surface area contributed by atoms with Gasteiger partial charge >= 0.3 is 12.7 Å². The van der Waals surface area contributed by atoms with Gasteiger partial charge in [-0.1, -0.05) is 24.3 Å². The Morgan fingerprint density at radius 1 is 0.655 bits per heavy atom. The van der Waals surface area contributed by atoms with Crippen LogP contribution in [0.1, 0.15) is 22.3 Å².